The highest BCUT2D eigenvalue weighted by Crippen LogP contribution is 2.33. The van der Waals surface area contributed by atoms with E-state index in [2.05, 4.69) is 10.7 Å². The average Bonchev–Trinajstić information content (AvgIpc) is 3.19. The van der Waals surface area contributed by atoms with Crippen LogP contribution in [0.3, 0.4) is 0 Å². The number of hydrazine groups is 1. The minimum atomic E-state index is -0.682. The Labute approximate surface area is 154 Å². The van der Waals surface area contributed by atoms with Gasteiger partial charge in [-0.3, -0.25) is 15.0 Å². The standard InChI is InChI=1S/C19H14ClN3O3/c20-13-8-9-15-14(11-13)19(25)23(17(21-15)16-7-4-10-26-16)22-18(24)12-5-2-1-3-6-12/h1-11,17,21H,(H,22,24). The second-order valence-electron chi connectivity index (χ2n) is 5.73. The van der Waals surface area contributed by atoms with Gasteiger partial charge in [-0.05, 0) is 42.5 Å². The van der Waals surface area contributed by atoms with E-state index >= 15 is 0 Å². The van der Waals surface area contributed by atoms with E-state index in [4.69, 9.17) is 16.0 Å². The molecule has 2 heterocycles. The lowest BCUT2D eigenvalue weighted by Crippen LogP contribution is -2.52. The van der Waals surface area contributed by atoms with Crippen molar-refractivity contribution in [3.8, 4) is 0 Å². The summed E-state index contributed by atoms with van der Waals surface area (Å²) in [5, 5.41) is 4.85. The fraction of sp³-hybridized carbons (Fsp3) is 0.0526. The first kappa shape index (κ1) is 16.2. The summed E-state index contributed by atoms with van der Waals surface area (Å²) in [5.74, 6) is -0.290. The van der Waals surface area contributed by atoms with E-state index in [0.717, 1.165) is 0 Å². The number of carbonyl (C=O) groups is 2. The van der Waals surface area contributed by atoms with Gasteiger partial charge in [0, 0.05) is 16.3 Å². The predicted octanol–water partition coefficient (Wildman–Crippen LogP) is 3.84. The van der Waals surface area contributed by atoms with E-state index in [-0.39, 0.29) is 5.91 Å². The molecule has 0 aliphatic carbocycles. The highest BCUT2D eigenvalue weighted by atomic mass is 35.5. The molecule has 1 aliphatic heterocycles. The van der Waals surface area contributed by atoms with Gasteiger partial charge in [-0.25, -0.2) is 5.01 Å². The van der Waals surface area contributed by atoms with Crippen LogP contribution < -0.4 is 10.7 Å². The minimum absolute atomic E-state index is 0.369. The molecule has 1 atom stereocenters. The molecule has 0 saturated carbocycles. The van der Waals surface area contributed by atoms with Crippen LogP contribution in [0.2, 0.25) is 5.02 Å². The summed E-state index contributed by atoms with van der Waals surface area (Å²) in [5.41, 5.74) is 4.09. The van der Waals surface area contributed by atoms with Crippen molar-refractivity contribution in [1.82, 2.24) is 10.4 Å². The van der Waals surface area contributed by atoms with Crippen molar-refractivity contribution in [2.45, 2.75) is 6.17 Å². The maximum absolute atomic E-state index is 13.0. The number of carbonyl (C=O) groups excluding carboxylic acids is 2. The van der Waals surface area contributed by atoms with Crippen LogP contribution in [0, 0.1) is 0 Å². The second kappa shape index (κ2) is 6.57. The van der Waals surface area contributed by atoms with Gasteiger partial charge in [0.05, 0.1) is 11.8 Å². The van der Waals surface area contributed by atoms with Crippen LogP contribution >= 0.6 is 11.6 Å². The highest BCUT2D eigenvalue weighted by molar-refractivity contribution is 6.31. The van der Waals surface area contributed by atoms with Crippen molar-refractivity contribution < 1.29 is 14.0 Å². The van der Waals surface area contributed by atoms with Crippen molar-refractivity contribution in [2.24, 2.45) is 0 Å². The molecule has 26 heavy (non-hydrogen) atoms. The zero-order valence-electron chi connectivity index (χ0n) is 13.5. The summed E-state index contributed by atoms with van der Waals surface area (Å²) in [6.45, 7) is 0. The van der Waals surface area contributed by atoms with Crippen molar-refractivity contribution in [2.75, 3.05) is 5.32 Å². The largest absolute Gasteiger partial charge is 0.465 e. The zero-order chi connectivity index (χ0) is 18.1. The van der Waals surface area contributed by atoms with Gasteiger partial charge >= 0.3 is 0 Å². The van der Waals surface area contributed by atoms with Gasteiger partial charge in [-0.1, -0.05) is 29.8 Å². The number of anilines is 1. The Kier molecular flexibility index (Phi) is 4.10. The molecule has 2 N–H and O–H groups in total. The molecular formula is C19H14ClN3O3. The Bertz CT molecular complexity index is 957. The van der Waals surface area contributed by atoms with E-state index in [0.29, 0.717) is 27.6 Å². The summed E-state index contributed by atoms with van der Waals surface area (Å²) in [6, 6.07) is 17.1. The third-order valence-electron chi connectivity index (χ3n) is 4.05. The molecule has 1 aromatic heterocycles. The van der Waals surface area contributed by atoms with Crippen LogP contribution in [0.1, 0.15) is 32.6 Å². The SMILES string of the molecule is O=C(NN1C(=O)c2cc(Cl)ccc2NC1c1ccco1)c1ccccc1. The molecule has 0 radical (unpaired) electrons. The Morgan fingerprint density at radius 1 is 1.12 bits per heavy atom. The first-order chi connectivity index (χ1) is 12.6. The van der Waals surface area contributed by atoms with E-state index < -0.39 is 12.1 Å². The fourth-order valence-corrected chi connectivity index (χ4v) is 2.97. The Balaban J connectivity index is 1.71. The summed E-state index contributed by atoms with van der Waals surface area (Å²) in [7, 11) is 0. The Hall–Kier alpha value is -3.25. The van der Waals surface area contributed by atoms with E-state index in [9.17, 15) is 9.59 Å². The molecular weight excluding hydrogens is 354 g/mol. The smallest absolute Gasteiger partial charge is 0.276 e. The number of hydrogen-bond acceptors (Lipinski definition) is 4. The third-order valence-corrected chi connectivity index (χ3v) is 4.29. The quantitative estimate of drug-likeness (QED) is 0.737. The van der Waals surface area contributed by atoms with E-state index in [1.165, 1.54) is 11.3 Å². The number of nitrogens with zero attached hydrogens (tertiary/aromatic N) is 1. The number of rotatable bonds is 3. The van der Waals surface area contributed by atoms with Crippen LogP contribution in [0.25, 0.3) is 0 Å². The molecule has 0 saturated heterocycles. The van der Waals surface area contributed by atoms with Crippen LogP contribution in [0.4, 0.5) is 5.69 Å². The lowest BCUT2D eigenvalue weighted by Gasteiger charge is -2.36. The van der Waals surface area contributed by atoms with Crippen molar-refractivity contribution >= 4 is 29.1 Å². The van der Waals surface area contributed by atoms with Gasteiger partial charge in [-0.15, -0.1) is 0 Å². The molecule has 0 bridgehead atoms. The molecule has 0 spiro atoms. The fourth-order valence-electron chi connectivity index (χ4n) is 2.80. The van der Waals surface area contributed by atoms with Gasteiger partial charge in [0.2, 0.25) is 0 Å². The van der Waals surface area contributed by atoms with Crippen LogP contribution in [0.15, 0.2) is 71.3 Å². The molecule has 2 amide bonds. The number of amides is 2. The second-order valence-corrected chi connectivity index (χ2v) is 6.17. The number of nitrogens with one attached hydrogen (secondary N) is 2. The van der Waals surface area contributed by atoms with Crippen molar-refractivity contribution in [3.63, 3.8) is 0 Å². The first-order valence-corrected chi connectivity index (χ1v) is 8.30. The lowest BCUT2D eigenvalue weighted by atomic mass is 10.1. The highest BCUT2D eigenvalue weighted by Gasteiger charge is 2.36. The maximum atomic E-state index is 13.0. The van der Waals surface area contributed by atoms with E-state index in [1.54, 1.807) is 54.6 Å². The van der Waals surface area contributed by atoms with Gasteiger partial charge < -0.3 is 9.73 Å². The number of benzene rings is 2. The maximum Gasteiger partial charge on any atom is 0.276 e. The Morgan fingerprint density at radius 3 is 2.65 bits per heavy atom. The number of hydrogen-bond donors (Lipinski definition) is 2. The normalized spacial score (nSPS) is 16.0. The van der Waals surface area contributed by atoms with Crippen LogP contribution in [-0.4, -0.2) is 16.8 Å². The van der Waals surface area contributed by atoms with E-state index in [1.807, 2.05) is 6.07 Å². The van der Waals surface area contributed by atoms with Crippen LogP contribution in [-0.2, 0) is 0 Å². The summed E-state index contributed by atoms with van der Waals surface area (Å²) in [6.07, 6.45) is 0.828. The summed E-state index contributed by atoms with van der Waals surface area (Å²) < 4.78 is 5.44. The zero-order valence-corrected chi connectivity index (χ0v) is 14.2. The molecule has 1 aliphatic rings. The van der Waals surface area contributed by atoms with Gasteiger partial charge in [0.15, 0.2) is 6.17 Å². The average molecular weight is 368 g/mol. The van der Waals surface area contributed by atoms with Gasteiger partial charge in [0.25, 0.3) is 11.8 Å². The first-order valence-electron chi connectivity index (χ1n) is 7.92. The summed E-state index contributed by atoms with van der Waals surface area (Å²) in [4.78, 5) is 25.6. The molecule has 130 valence electrons. The predicted molar refractivity (Wildman–Crippen MR) is 96.6 cm³/mol. The number of furan rings is 1. The van der Waals surface area contributed by atoms with Gasteiger partial charge in [0.1, 0.15) is 5.76 Å². The van der Waals surface area contributed by atoms with Gasteiger partial charge in [-0.2, -0.15) is 0 Å². The van der Waals surface area contributed by atoms with Crippen molar-refractivity contribution in [1.29, 1.82) is 0 Å². The topological polar surface area (TPSA) is 74.6 Å². The molecule has 1 unspecified atom stereocenters. The molecule has 3 aromatic rings. The number of halogens is 1. The molecule has 4 rings (SSSR count). The van der Waals surface area contributed by atoms with Crippen LogP contribution in [0.5, 0.6) is 0 Å². The number of fused-ring (bicyclic) bond motifs is 1. The molecule has 0 fully saturated rings. The Morgan fingerprint density at radius 2 is 1.92 bits per heavy atom. The monoisotopic (exact) mass is 367 g/mol. The minimum Gasteiger partial charge on any atom is -0.465 e. The molecule has 7 heteroatoms. The lowest BCUT2D eigenvalue weighted by molar-refractivity contribution is 0.0467. The molecule has 2 aromatic carbocycles. The molecule has 6 nitrogen and oxygen atoms in total. The summed E-state index contributed by atoms with van der Waals surface area (Å²) >= 11 is 6.02. The van der Waals surface area contributed by atoms with Crippen molar-refractivity contribution in [3.05, 3.63) is 88.8 Å². The third kappa shape index (κ3) is 2.91.